The van der Waals surface area contributed by atoms with Gasteiger partial charge in [-0.1, -0.05) is 0 Å². The second-order valence-corrected chi connectivity index (χ2v) is 7.39. The molecule has 0 aliphatic carbocycles. The van der Waals surface area contributed by atoms with E-state index in [-0.39, 0.29) is 11.8 Å². The van der Waals surface area contributed by atoms with Crippen molar-refractivity contribution in [1.82, 2.24) is 4.98 Å². The molecule has 2 atom stereocenters. The molecule has 0 bridgehead atoms. The van der Waals surface area contributed by atoms with Crippen LogP contribution in [0.3, 0.4) is 0 Å². The van der Waals surface area contributed by atoms with Gasteiger partial charge in [0.15, 0.2) is 0 Å². The van der Waals surface area contributed by atoms with Crippen LogP contribution in [0.25, 0.3) is 10.9 Å². The van der Waals surface area contributed by atoms with Gasteiger partial charge in [-0.3, -0.25) is 4.98 Å². The van der Waals surface area contributed by atoms with Crippen LogP contribution in [0.5, 0.6) is 5.75 Å². The molecule has 1 aliphatic heterocycles. The number of nitrogens with two attached hydrogens (primary N) is 1. The van der Waals surface area contributed by atoms with E-state index in [2.05, 4.69) is 10.3 Å². The molecule has 0 saturated carbocycles. The third-order valence-corrected chi connectivity index (χ3v) is 5.08. The summed E-state index contributed by atoms with van der Waals surface area (Å²) < 4.78 is 50.8. The molecule has 158 valence electrons. The first-order valence-electron chi connectivity index (χ1n) is 9.67. The lowest BCUT2D eigenvalue weighted by Crippen LogP contribution is -2.15. The molecule has 1 aliphatic rings. The number of hydrogen-bond donors (Lipinski definition) is 2. The molecule has 0 amide bonds. The fraction of sp³-hybridized carbons (Fsp3) is 0.318. The number of ether oxygens (including phenoxy) is 2. The molecule has 3 N–H and O–H groups in total. The van der Waals surface area contributed by atoms with E-state index in [1.165, 1.54) is 0 Å². The number of nitrogen functional groups attached to an aromatic ring is 1. The standard InChI is InChI=1S/C22H22F3N3O2/c1-13(14-8-15(22(23,24)25)10-16(26)9-14)28-21-4-6-27-20-3-2-17(11-19(20)21)30-18-5-7-29-12-18/h2-4,6,8-11,13,18H,5,7,12,26H2,1H3,(H,27,28)/t13-,18+/m1/s1. The molecular formula is C22H22F3N3O2. The van der Waals surface area contributed by atoms with Crippen LogP contribution in [0.2, 0.25) is 0 Å². The van der Waals surface area contributed by atoms with Gasteiger partial charge in [-0.2, -0.15) is 13.2 Å². The zero-order chi connectivity index (χ0) is 21.3. The maximum absolute atomic E-state index is 13.2. The van der Waals surface area contributed by atoms with Gasteiger partial charge in [0.05, 0.1) is 24.3 Å². The van der Waals surface area contributed by atoms with Gasteiger partial charge >= 0.3 is 6.18 Å². The molecule has 3 aromatic rings. The summed E-state index contributed by atoms with van der Waals surface area (Å²) >= 11 is 0. The van der Waals surface area contributed by atoms with Crippen molar-refractivity contribution in [1.29, 1.82) is 0 Å². The lowest BCUT2D eigenvalue weighted by molar-refractivity contribution is -0.137. The van der Waals surface area contributed by atoms with Crippen LogP contribution in [0.4, 0.5) is 24.5 Å². The Morgan fingerprint density at radius 1 is 1.20 bits per heavy atom. The van der Waals surface area contributed by atoms with Gasteiger partial charge in [0, 0.05) is 35.4 Å². The Hall–Kier alpha value is -3.00. The maximum Gasteiger partial charge on any atom is 0.416 e. The van der Waals surface area contributed by atoms with Gasteiger partial charge in [0.1, 0.15) is 11.9 Å². The number of alkyl halides is 3. The molecule has 30 heavy (non-hydrogen) atoms. The Labute approximate surface area is 172 Å². The first-order chi connectivity index (χ1) is 14.3. The third-order valence-electron chi connectivity index (χ3n) is 5.08. The van der Waals surface area contributed by atoms with Gasteiger partial charge in [0.25, 0.3) is 0 Å². The second kappa shape index (κ2) is 8.02. The van der Waals surface area contributed by atoms with Crippen molar-refractivity contribution in [2.45, 2.75) is 31.7 Å². The topological polar surface area (TPSA) is 69.4 Å². The number of rotatable bonds is 5. The molecule has 5 nitrogen and oxygen atoms in total. The van der Waals surface area contributed by atoms with Gasteiger partial charge in [-0.15, -0.1) is 0 Å². The Morgan fingerprint density at radius 3 is 2.77 bits per heavy atom. The van der Waals surface area contributed by atoms with E-state index in [0.717, 1.165) is 35.1 Å². The lowest BCUT2D eigenvalue weighted by atomic mass is 10.0. The second-order valence-electron chi connectivity index (χ2n) is 7.39. The smallest absolute Gasteiger partial charge is 0.416 e. The monoisotopic (exact) mass is 417 g/mol. The maximum atomic E-state index is 13.2. The summed E-state index contributed by atoms with van der Waals surface area (Å²) in [6, 6.07) is 10.6. The van der Waals surface area contributed by atoms with Gasteiger partial charge in [-0.25, -0.2) is 0 Å². The molecule has 0 unspecified atom stereocenters. The molecule has 2 heterocycles. The molecule has 0 radical (unpaired) electrons. The largest absolute Gasteiger partial charge is 0.488 e. The number of nitrogens with one attached hydrogen (secondary N) is 1. The average Bonchev–Trinajstić information content (AvgIpc) is 3.20. The van der Waals surface area contributed by atoms with E-state index in [0.29, 0.717) is 24.5 Å². The van der Waals surface area contributed by atoms with E-state index in [9.17, 15) is 13.2 Å². The van der Waals surface area contributed by atoms with Gasteiger partial charge in [-0.05, 0) is 55.0 Å². The number of aromatic nitrogens is 1. The Balaban J connectivity index is 1.62. The van der Waals surface area contributed by atoms with Crippen LogP contribution in [0.1, 0.15) is 30.5 Å². The van der Waals surface area contributed by atoms with Crippen molar-refractivity contribution < 1.29 is 22.6 Å². The number of hydrogen-bond acceptors (Lipinski definition) is 5. The molecule has 1 fully saturated rings. The summed E-state index contributed by atoms with van der Waals surface area (Å²) in [5.41, 5.74) is 6.97. The number of benzene rings is 2. The predicted molar refractivity (Wildman–Crippen MR) is 109 cm³/mol. The zero-order valence-corrected chi connectivity index (χ0v) is 16.4. The molecule has 1 aromatic heterocycles. The Kier molecular flexibility index (Phi) is 5.42. The fourth-order valence-electron chi connectivity index (χ4n) is 3.53. The van der Waals surface area contributed by atoms with Gasteiger partial charge in [0.2, 0.25) is 0 Å². The summed E-state index contributed by atoms with van der Waals surface area (Å²) in [4.78, 5) is 4.37. The number of halogens is 3. The first kappa shape index (κ1) is 20.3. The normalized spacial score (nSPS) is 17.8. The minimum absolute atomic E-state index is 0.0162. The number of fused-ring (bicyclic) bond motifs is 1. The van der Waals surface area contributed by atoms with Crippen molar-refractivity contribution in [3.63, 3.8) is 0 Å². The van der Waals surface area contributed by atoms with Crippen molar-refractivity contribution in [2.75, 3.05) is 24.3 Å². The SMILES string of the molecule is C[C@@H](Nc1ccnc2ccc(O[C@H]3CCOC3)cc12)c1cc(N)cc(C(F)(F)F)c1. The van der Waals surface area contributed by atoms with Crippen molar-refractivity contribution >= 4 is 22.3 Å². The van der Waals surface area contributed by atoms with Crippen molar-refractivity contribution in [2.24, 2.45) is 0 Å². The van der Waals surface area contributed by atoms with Crippen LogP contribution in [-0.2, 0) is 10.9 Å². The molecule has 2 aromatic carbocycles. The Morgan fingerprint density at radius 2 is 2.03 bits per heavy atom. The minimum Gasteiger partial charge on any atom is -0.488 e. The van der Waals surface area contributed by atoms with Crippen LogP contribution < -0.4 is 15.8 Å². The summed E-state index contributed by atoms with van der Waals surface area (Å²) in [7, 11) is 0. The summed E-state index contributed by atoms with van der Waals surface area (Å²) in [5.74, 6) is 0.699. The van der Waals surface area contributed by atoms with Crippen LogP contribution in [0, 0.1) is 0 Å². The third kappa shape index (κ3) is 4.43. The van der Waals surface area contributed by atoms with E-state index < -0.39 is 17.8 Å². The number of pyridine rings is 1. The van der Waals surface area contributed by atoms with Crippen LogP contribution in [0.15, 0.2) is 48.7 Å². The highest BCUT2D eigenvalue weighted by Gasteiger charge is 2.31. The minimum atomic E-state index is -4.45. The quantitative estimate of drug-likeness (QED) is 0.560. The number of nitrogens with zero attached hydrogens (tertiary/aromatic N) is 1. The molecule has 0 spiro atoms. The van der Waals surface area contributed by atoms with E-state index in [1.54, 1.807) is 25.3 Å². The summed E-state index contributed by atoms with van der Waals surface area (Å²) in [6.45, 7) is 3.03. The zero-order valence-electron chi connectivity index (χ0n) is 16.4. The highest BCUT2D eigenvalue weighted by molar-refractivity contribution is 5.92. The van der Waals surface area contributed by atoms with Crippen LogP contribution >= 0.6 is 0 Å². The summed E-state index contributed by atoms with van der Waals surface area (Å²) in [5, 5.41) is 4.10. The van der Waals surface area contributed by atoms with Crippen molar-refractivity contribution in [3.05, 3.63) is 59.8 Å². The molecule has 1 saturated heterocycles. The molecular weight excluding hydrogens is 395 g/mol. The predicted octanol–water partition coefficient (Wildman–Crippen LogP) is 5.18. The molecule has 8 heteroatoms. The van der Waals surface area contributed by atoms with Crippen molar-refractivity contribution in [3.8, 4) is 5.75 Å². The van der Waals surface area contributed by atoms with E-state index >= 15 is 0 Å². The van der Waals surface area contributed by atoms with E-state index in [4.69, 9.17) is 15.2 Å². The summed E-state index contributed by atoms with van der Waals surface area (Å²) in [6.07, 6.45) is -1.95. The van der Waals surface area contributed by atoms with Crippen LogP contribution in [-0.4, -0.2) is 24.3 Å². The molecule has 4 rings (SSSR count). The highest BCUT2D eigenvalue weighted by Crippen LogP contribution is 2.34. The average molecular weight is 417 g/mol. The van der Waals surface area contributed by atoms with Gasteiger partial charge < -0.3 is 20.5 Å². The number of anilines is 2. The lowest BCUT2D eigenvalue weighted by Gasteiger charge is -2.20. The van der Waals surface area contributed by atoms with E-state index in [1.807, 2.05) is 18.2 Å². The fourth-order valence-corrected chi connectivity index (χ4v) is 3.53. The highest BCUT2D eigenvalue weighted by atomic mass is 19.4. The first-order valence-corrected chi connectivity index (χ1v) is 9.67. The Bertz CT molecular complexity index is 1050.